The zero-order valence-electron chi connectivity index (χ0n) is 9.01. The molecule has 0 amide bonds. The van der Waals surface area contributed by atoms with Crippen LogP contribution in [0.15, 0.2) is 24.5 Å². The van der Waals surface area contributed by atoms with Gasteiger partial charge in [0.15, 0.2) is 0 Å². The monoisotopic (exact) mass is 319 g/mol. The summed E-state index contributed by atoms with van der Waals surface area (Å²) in [5.74, 6) is -0.127. The second-order valence-electron chi connectivity index (χ2n) is 3.25. The quantitative estimate of drug-likeness (QED) is 0.482. The number of nitrogens with zero attached hydrogens (tertiary/aromatic N) is 3. The van der Waals surface area contributed by atoms with E-state index >= 15 is 0 Å². The van der Waals surface area contributed by atoms with Crippen LogP contribution >= 0.6 is 34.8 Å². The Bertz CT molecular complexity index is 651. The van der Waals surface area contributed by atoms with E-state index in [1.807, 2.05) is 0 Å². The molecular formula is C10H4Cl3N3O3. The molecule has 0 aliphatic rings. The van der Waals surface area contributed by atoms with Crippen LogP contribution in [0.4, 0.5) is 5.69 Å². The first kappa shape index (κ1) is 13.8. The summed E-state index contributed by atoms with van der Waals surface area (Å²) in [5.41, 5.74) is -0.532. The molecule has 1 aromatic carbocycles. The SMILES string of the molecule is O=[N+]([O-])c1c(Cl)ncnc1Oc1ccc(Cl)cc1Cl. The van der Waals surface area contributed by atoms with Crippen LogP contribution in [0.2, 0.25) is 15.2 Å². The minimum Gasteiger partial charge on any atom is -0.432 e. The van der Waals surface area contributed by atoms with Gasteiger partial charge in [0.2, 0.25) is 5.15 Å². The van der Waals surface area contributed by atoms with Crippen LogP contribution in [0.3, 0.4) is 0 Å². The fourth-order valence-electron chi connectivity index (χ4n) is 1.23. The maximum absolute atomic E-state index is 10.9. The van der Waals surface area contributed by atoms with Gasteiger partial charge in [-0.1, -0.05) is 34.8 Å². The Kier molecular flexibility index (Phi) is 4.04. The summed E-state index contributed by atoms with van der Waals surface area (Å²) in [7, 11) is 0. The van der Waals surface area contributed by atoms with Crippen molar-refractivity contribution >= 4 is 40.5 Å². The third kappa shape index (κ3) is 3.04. The Morgan fingerprint density at radius 2 is 1.95 bits per heavy atom. The predicted octanol–water partition coefficient (Wildman–Crippen LogP) is 4.14. The molecule has 6 nitrogen and oxygen atoms in total. The maximum atomic E-state index is 10.9. The van der Waals surface area contributed by atoms with Gasteiger partial charge in [-0.05, 0) is 18.2 Å². The second-order valence-corrected chi connectivity index (χ2v) is 4.45. The van der Waals surface area contributed by atoms with Crippen molar-refractivity contribution in [2.75, 3.05) is 0 Å². The average molecular weight is 321 g/mol. The van der Waals surface area contributed by atoms with Crippen LogP contribution in [0.5, 0.6) is 11.6 Å². The third-order valence-electron chi connectivity index (χ3n) is 2.03. The molecule has 0 spiro atoms. The van der Waals surface area contributed by atoms with Gasteiger partial charge in [0, 0.05) is 5.02 Å². The van der Waals surface area contributed by atoms with E-state index in [2.05, 4.69) is 9.97 Å². The lowest BCUT2D eigenvalue weighted by Crippen LogP contribution is -1.98. The highest BCUT2D eigenvalue weighted by atomic mass is 35.5. The van der Waals surface area contributed by atoms with Gasteiger partial charge in [-0.3, -0.25) is 10.1 Å². The van der Waals surface area contributed by atoms with E-state index in [1.54, 1.807) is 0 Å². The molecule has 0 N–H and O–H groups in total. The van der Waals surface area contributed by atoms with Crippen molar-refractivity contribution in [2.24, 2.45) is 0 Å². The van der Waals surface area contributed by atoms with Crippen LogP contribution < -0.4 is 4.74 Å². The zero-order chi connectivity index (χ0) is 14.0. The van der Waals surface area contributed by atoms with Gasteiger partial charge in [-0.15, -0.1) is 0 Å². The summed E-state index contributed by atoms with van der Waals surface area (Å²) >= 11 is 17.3. The molecule has 0 aliphatic carbocycles. The van der Waals surface area contributed by atoms with Gasteiger partial charge < -0.3 is 4.74 Å². The highest BCUT2D eigenvalue weighted by Crippen LogP contribution is 2.36. The van der Waals surface area contributed by atoms with E-state index in [-0.39, 0.29) is 21.8 Å². The first-order chi connectivity index (χ1) is 8.99. The average Bonchev–Trinajstić information content (AvgIpc) is 2.32. The van der Waals surface area contributed by atoms with Crippen molar-refractivity contribution in [2.45, 2.75) is 0 Å². The second kappa shape index (κ2) is 5.56. The fourth-order valence-corrected chi connectivity index (χ4v) is 1.87. The van der Waals surface area contributed by atoms with Crippen LogP contribution in [0, 0.1) is 10.1 Å². The molecule has 98 valence electrons. The number of rotatable bonds is 3. The standard InChI is InChI=1S/C10H4Cl3N3O3/c11-5-1-2-7(6(12)3-5)19-10-8(16(17)18)9(13)14-4-15-10/h1-4H. The van der Waals surface area contributed by atoms with Crippen molar-refractivity contribution in [3.63, 3.8) is 0 Å². The Morgan fingerprint density at radius 1 is 1.21 bits per heavy atom. The van der Waals surface area contributed by atoms with Crippen molar-refractivity contribution in [3.05, 3.63) is 49.8 Å². The molecule has 2 rings (SSSR count). The zero-order valence-corrected chi connectivity index (χ0v) is 11.3. The highest BCUT2D eigenvalue weighted by molar-refractivity contribution is 6.35. The van der Waals surface area contributed by atoms with Crippen LogP contribution in [0.1, 0.15) is 0 Å². The largest absolute Gasteiger partial charge is 0.432 e. The molecule has 1 heterocycles. The van der Waals surface area contributed by atoms with E-state index < -0.39 is 10.6 Å². The molecule has 0 unspecified atom stereocenters. The molecule has 0 saturated carbocycles. The van der Waals surface area contributed by atoms with Gasteiger partial charge in [-0.2, -0.15) is 4.98 Å². The molecule has 2 aromatic rings. The van der Waals surface area contributed by atoms with Gasteiger partial charge in [-0.25, -0.2) is 4.98 Å². The van der Waals surface area contributed by atoms with Gasteiger partial charge in [0.05, 0.1) is 9.95 Å². The molecule has 0 bridgehead atoms. The number of hydrogen-bond acceptors (Lipinski definition) is 5. The Hall–Kier alpha value is -1.63. The Balaban J connectivity index is 2.44. The molecule has 0 radical (unpaired) electrons. The number of halogens is 3. The maximum Gasteiger partial charge on any atom is 0.368 e. The van der Waals surface area contributed by atoms with Gasteiger partial charge >= 0.3 is 11.6 Å². The molecule has 0 atom stereocenters. The molecule has 9 heteroatoms. The normalized spacial score (nSPS) is 10.3. The van der Waals surface area contributed by atoms with Crippen molar-refractivity contribution < 1.29 is 9.66 Å². The lowest BCUT2D eigenvalue weighted by Gasteiger charge is -2.07. The summed E-state index contributed by atoms with van der Waals surface area (Å²) in [5, 5.41) is 11.2. The first-order valence-electron chi connectivity index (χ1n) is 4.77. The summed E-state index contributed by atoms with van der Waals surface area (Å²) in [6.07, 6.45) is 1.05. The van der Waals surface area contributed by atoms with Crippen molar-refractivity contribution in [1.29, 1.82) is 0 Å². The van der Waals surface area contributed by atoms with E-state index in [9.17, 15) is 10.1 Å². The summed E-state index contributed by atoms with van der Waals surface area (Å²) < 4.78 is 5.27. The summed E-state index contributed by atoms with van der Waals surface area (Å²) in [6, 6.07) is 4.43. The van der Waals surface area contributed by atoms with Crippen LogP contribution in [-0.4, -0.2) is 14.9 Å². The van der Waals surface area contributed by atoms with E-state index in [0.29, 0.717) is 5.02 Å². The molecule has 0 aliphatic heterocycles. The molecule has 19 heavy (non-hydrogen) atoms. The number of nitro groups is 1. The lowest BCUT2D eigenvalue weighted by atomic mass is 10.3. The number of hydrogen-bond donors (Lipinski definition) is 0. The Morgan fingerprint density at radius 3 is 2.58 bits per heavy atom. The van der Waals surface area contributed by atoms with Gasteiger partial charge in [0.1, 0.15) is 12.1 Å². The number of benzene rings is 1. The molecule has 1 aromatic heterocycles. The minimum absolute atomic E-state index is 0.170. The van der Waals surface area contributed by atoms with Crippen molar-refractivity contribution in [1.82, 2.24) is 9.97 Å². The highest BCUT2D eigenvalue weighted by Gasteiger charge is 2.24. The first-order valence-corrected chi connectivity index (χ1v) is 5.90. The summed E-state index contributed by atoms with van der Waals surface area (Å²) in [4.78, 5) is 17.3. The molecular weight excluding hydrogens is 316 g/mol. The predicted molar refractivity (Wildman–Crippen MR) is 70.2 cm³/mol. The fraction of sp³-hybridized carbons (Fsp3) is 0. The summed E-state index contributed by atoms with van der Waals surface area (Å²) in [6.45, 7) is 0. The smallest absolute Gasteiger partial charge is 0.368 e. The third-order valence-corrected chi connectivity index (χ3v) is 2.83. The molecule has 0 fully saturated rings. The Labute approximate surface area is 122 Å². The van der Waals surface area contributed by atoms with E-state index in [4.69, 9.17) is 39.5 Å². The van der Waals surface area contributed by atoms with E-state index in [1.165, 1.54) is 18.2 Å². The molecule has 0 saturated heterocycles. The van der Waals surface area contributed by atoms with Crippen molar-refractivity contribution in [3.8, 4) is 11.6 Å². The minimum atomic E-state index is -0.735. The van der Waals surface area contributed by atoms with Gasteiger partial charge in [0.25, 0.3) is 0 Å². The van der Waals surface area contributed by atoms with Crippen LogP contribution in [0.25, 0.3) is 0 Å². The van der Waals surface area contributed by atoms with E-state index in [0.717, 1.165) is 6.33 Å². The number of ether oxygens (including phenoxy) is 1. The topological polar surface area (TPSA) is 78.2 Å². The van der Waals surface area contributed by atoms with Crippen LogP contribution in [-0.2, 0) is 0 Å². The lowest BCUT2D eigenvalue weighted by molar-refractivity contribution is -0.386. The number of aromatic nitrogens is 2.